The van der Waals surface area contributed by atoms with Crippen LogP contribution in [0.5, 0.6) is 0 Å². The zero-order valence-corrected chi connectivity index (χ0v) is 10.2. The molecule has 0 saturated carbocycles. The third-order valence-electron chi connectivity index (χ3n) is 1.86. The van der Waals surface area contributed by atoms with Gasteiger partial charge in [-0.05, 0) is 6.42 Å². The van der Waals surface area contributed by atoms with Crippen LogP contribution in [-0.4, -0.2) is 24.2 Å². The van der Waals surface area contributed by atoms with Crippen LogP contribution in [0.25, 0.3) is 0 Å². The Kier molecular flexibility index (Phi) is 14.6. The highest BCUT2D eigenvalue weighted by atomic mass is 16.5. The number of carbonyl (C=O) groups excluding carboxylic acids is 1. The van der Waals surface area contributed by atoms with Crippen molar-refractivity contribution in [3.05, 3.63) is 12.7 Å². The number of hydrogen-bond donors (Lipinski definition) is 1. The molecule has 4 nitrogen and oxygen atoms in total. The van der Waals surface area contributed by atoms with Crippen LogP contribution < -0.4 is 0 Å². The van der Waals surface area contributed by atoms with Gasteiger partial charge in [0.25, 0.3) is 0 Å². The molecule has 0 aromatic rings. The van der Waals surface area contributed by atoms with E-state index in [1.807, 2.05) is 0 Å². The number of hydrogen-bond acceptors (Lipinski definition) is 3. The Labute approximate surface area is 97.3 Å². The highest BCUT2D eigenvalue weighted by molar-refractivity contribution is 5.80. The van der Waals surface area contributed by atoms with Gasteiger partial charge in [0.2, 0.25) is 0 Å². The van der Waals surface area contributed by atoms with Crippen molar-refractivity contribution in [3.63, 3.8) is 0 Å². The van der Waals surface area contributed by atoms with Crippen molar-refractivity contribution in [1.82, 2.24) is 0 Å². The monoisotopic (exact) mass is 230 g/mol. The maximum Gasteiger partial charge on any atom is 0.329 e. The first kappa shape index (κ1) is 17.1. The maximum absolute atomic E-state index is 10.0. The largest absolute Gasteiger partial charge is 0.481 e. The first-order chi connectivity index (χ1) is 7.58. The van der Waals surface area contributed by atoms with Crippen molar-refractivity contribution in [3.8, 4) is 0 Å². The number of ether oxygens (including phenoxy) is 1. The van der Waals surface area contributed by atoms with Crippen molar-refractivity contribution in [2.75, 3.05) is 7.11 Å². The van der Waals surface area contributed by atoms with Crippen molar-refractivity contribution in [2.24, 2.45) is 0 Å². The number of rotatable bonds is 7. The average Bonchev–Trinajstić information content (AvgIpc) is 2.28. The second-order valence-corrected chi connectivity index (χ2v) is 3.29. The standard InChI is InChI=1S/C8H16O2.C4H6O2/c1-2-3-4-5-6-7-8(9)10;1-3-4(5)6-2/h2-7H2,1H3,(H,9,10);3H,1H2,2H3. The van der Waals surface area contributed by atoms with E-state index in [9.17, 15) is 9.59 Å². The Balaban J connectivity index is 0. The van der Waals surface area contributed by atoms with Gasteiger partial charge in [-0.25, -0.2) is 4.79 Å². The van der Waals surface area contributed by atoms with E-state index >= 15 is 0 Å². The fourth-order valence-electron chi connectivity index (χ4n) is 0.963. The summed E-state index contributed by atoms with van der Waals surface area (Å²) < 4.78 is 4.14. The maximum atomic E-state index is 10.0. The fraction of sp³-hybridized carbons (Fsp3) is 0.667. The van der Waals surface area contributed by atoms with Crippen LogP contribution in [0.1, 0.15) is 45.4 Å². The zero-order chi connectivity index (χ0) is 12.8. The molecule has 0 rings (SSSR count). The Morgan fingerprint density at radius 3 is 2.12 bits per heavy atom. The predicted molar refractivity (Wildman–Crippen MR) is 63.2 cm³/mol. The molecule has 0 heterocycles. The van der Waals surface area contributed by atoms with Crippen LogP contribution in [-0.2, 0) is 14.3 Å². The van der Waals surface area contributed by atoms with Gasteiger partial charge in [-0.1, -0.05) is 39.2 Å². The van der Waals surface area contributed by atoms with Crippen molar-refractivity contribution in [2.45, 2.75) is 45.4 Å². The van der Waals surface area contributed by atoms with Gasteiger partial charge in [0.15, 0.2) is 0 Å². The second-order valence-electron chi connectivity index (χ2n) is 3.29. The molecule has 4 heteroatoms. The lowest BCUT2D eigenvalue weighted by Crippen LogP contribution is -1.93. The van der Waals surface area contributed by atoms with E-state index < -0.39 is 11.9 Å². The summed E-state index contributed by atoms with van der Waals surface area (Å²) in [6.07, 6.45) is 7.00. The highest BCUT2D eigenvalue weighted by Gasteiger charge is 1.94. The molecule has 16 heavy (non-hydrogen) atoms. The number of esters is 1. The summed E-state index contributed by atoms with van der Waals surface area (Å²) in [5.41, 5.74) is 0. The molecular weight excluding hydrogens is 208 g/mol. The molecule has 94 valence electrons. The van der Waals surface area contributed by atoms with Crippen LogP contribution in [0, 0.1) is 0 Å². The van der Waals surface area contributed by atoms with Gasteiger partial charge in [-0.15, -0.1) is 0 Å². The Hall–Kier alpha value is -1.32. The summed E-state index contributed by atoms with van der Waals surface area (Å²) in [7, 11) is 1.31. The lowest BCUT2D eigenvalue weighted by Gasteiger charge is -1.95. The average molecular weight is 230 g/mol. The van der Waals surface area contributed by atoms with E-state index in [0.29, 0.717) is 6.42 Å². The van der Waals surface area contributed by atoms with Gasteiger partial charge in [0.05, 0.1) is 7.11 Å². The number of methoxy groups -OCH3 is 1. The van der Waals surface area contributed by atoms with Crippen LogP contribution >= 0.6 is 0 Å². The smallest absolute Gasteiger partial charge is 0.329 e. The number of carboxylic acid groups (broad SMARTS) is 1. The normalized spacial score (nSPS) is 8.62. The Bertz CT molecular complexity index is 199. The van der Waals surface area contributed by atoms with E-state index in [1.54, 1.807) is 0 Å². The third kappa shape index (κ3) is 18.5. The predicted octanol–water partition coefficient (Wildman–Crippen LogP) is 2.78. The van der Waals surface area contributed by atoms with Gasteiger partial charge in [0.1, 0.15) is 0 Å². The van der Waals surface area contributed by atoms with Crippen LogP contribution in [0.2, 0.25) is 0 Å². The van der Waals surface area contributed by atoms with Gasteiger partial charge >= 0.3 is 11.9 Å². The summed E-state index contributed by atoms with van der Waals surface area (Å²) >= 11 is 0. The first-order valence-corrected chi connectivity index (χ1v) is 5.50. The topological polar surface area (TPSA) is 63.6 Å². The Morgan fingerprint density at radius 2 is 1.81 bits per heavy atom. The molecule has 0 amide bonds. The fourth-order valence-corrected chi connectivity index (χ4v) is 0.963. The third-order valence-corrected chi connectivity index (χ3v) is 1.86. The van der Waals surface area contributed by atoms with E-state index in [1.165, 1.54) is 26.4 Å². The molecule has 0 aliphatic heterocycles. The first-order valence-electron chi connectivity index (χ1n) is 5.50. The number of carbonyl (C=O) groups is 2. The molecule has 0 spiro atoms. The van der Waals surface area contributed by atoms with E-state index in [2.05, 4.69) is 18.2 Å². The van der Waals surface area contributed by atoms with E-state index in [4.69, 9.17) is 5.11 Å². The molecule has 0 radical (unpaired) electrons. The molecule has 0 aliphatic rings. The minimum Gasteiger partial charge on any atom is -0.481 e. The second kappa shape index (κ2) is 13.7. The molecule has 0 aromatic carbocycles. The molecule has 0 bridgehead atoms. The van der Waals surface area contributed by atoms with Gasteiger partial charge in [-0.2, -0.15) is 0 Å². The zero-order valence-electron chi connectivity index (χ0n) is 10.2. The molecule has 0 aromatic heterocycles. The summed E-state index contributed by atoms with van der Waals surface area (Å²) in [6, 6.07) is 0. The van der Waals surface area contributed by atoms with Crippen molar-refractivity contribution < 1.29 is 19.4 Å². The van der Waals surface area contributed by atoms with Crippen molar-refractivity contribution in [1.29, 1.82) is 0 Å². The van der Waals surface area contributed by atoms with Gasteiger partial charge < -0.3 is 9.84 Å². The highest BCUT2D eigenvalue weighted by Crippen LogP contribution is 2.04. The summed E-state index contributed by atoms with van der Waals surface area (Å²) in [6.45, 7) is 5.31. The lowest BCUT2D eigenvalue weighted by atomic mass is 10.1. The summed E-state index contributed by atoms with van der Waals surface area (Å²) in [5.74, 6) is -1.06. The van der Waals surface area contributed by atoms with Gasteiger partial charge in [-0.3, -0.25) is 4.79 Å². The van der Waals surface area contributed by atoms with Crippen molar-refractivity contribution >= 4 is 11.9 Å². The van der Waals surface area contributed by atoms with Crippen LogP contribution in [0.15, 0.2) is 12.7 Å². The molecule has 0 aliphatic carbocycles. The SMILES string of the molecule is C=CC(=O)OC.CCCCCCCC(=O)O. The number of aliphatic carboxylic acids is 1. The lowest BCUT2D eigenvalue weighted by molar-refractivity contribution is -0.137. The molecule has 0 fully saturated rings. The summed E-state index contributed by atoms with van der Waals surface area (Å²) in [5, 5.41) is 8.27. The minimum atomic E-state index is -0.670. The Morgan fingerprint density at radius 1 is 1.25 bits per heavy atom. The summed E-state index contributed by atoms with van der Waals surface area (Å²) in [4.78, 5) is 19.9. The van der Waals surface area contributed by atoms with E-state index in [-0.39, 0.29) is 0 Å². The molecule has 1 N–H and O–H groups in total. The molecule has 0 saturated heterocycles. The minimum absolute atomic E-state index is 0.337. The number of unbranched alkanes of at least 4 members (excludes halogenated alkanes) is 4. The van der Waals surface area contributed by atoms with Crippen LogP contribution in [0.3, 0.4) is 0 Å². The van der Waals surface area contributed by atoms with E-state index in [0.717, 1.165) is 18.9 Å². The van der Waals surface area contributed by atoms with Crippen LogP contribution in [0.4, 0.5) is 0 Å². The molecular formula is C12H22O4. The molecule has 0 atom stereocenters. The number of carboxylic acids is 1. The molecule has 0 unspecified atom stereocenters. The van der Waals surface area contributed by atoms with Gasteiger partial charge in [0, 0.05) is 12.5 Å². The quantitative estimate of drug-likeness (QED) is 0.415.